The third-order valence-electron chi connectivity index (χ3n) is 5.22. The molecule has 1 saturated heterocycles. The average Bonchev–Trinajstić information content (AvgIpc) is 3.10. The molecule has 1 aliphatic rings. The van der Waals surface area contributed by atoms with E-state index in [0.717, 1.165) is 23.0 Å². The van der Waals surface area contributed by atoms with Gasteiger partial charge in [-0.15, -0.1) is 0 Å². The van der Waals surface area contributed by atoms with Gasteiger partial charge in [0, 0.05) is 6.42 Å². The summed E-state index contributed by atoms with van der Waals surface area (Å²) in [4.78, 5) is 26.6. The average molecular weight is 431 g/mol. The first-order valence-electron chi connectivity index (χ1n) is 10.4. The van der Waals surface area contributed by atoms with E-state index in [1.807, 2.05) is 60.7 Å². The van der Waals surface area contributed by atoms with Gasteiger partial charge in [0.15, 0.2) is 0 Å². The summed E-state index contributed by atoms with van der Waals surface area (Å²) in [6, 6.07) is 18.4. The molecule has 3 rings (SSSR count). The highest BCUT2D eigenvalue weighted by molar-refractivity contribution is 5.94. The Bertz CT molecular complexity index is 855. The summed E-state index contributed by atoms with van der Waals surface area (Å²) >= 11 is 0. The van der Waals surface area contributed by atoms with Crippen molar-refractivity contribution in [1.82, 2.24) is 4.90 Å². The zero-order valence-electron chi connectivity index (χ0n) is 17.5. The van der Waals surface area contributed by atoms with Crippen molar-refractivity contribution in [1.29, 1.82) is 0 Å². The fourth-order valence-corrected chi connectivity index (χ4v) is 3.56. The molecule has 166 valence electrons. The minimum Gasteiger partial charge on any atom is -0.447 e. The number of nitrogens with zero attached hydrogens (tertiary/aromatic N) is 1. The third kappa shape index (κ3) is 6.85. The molecule has 1 fully saturated rings. The van der Waals surface area contributed by atoms with Crippen LogP contribution in [-0.4, -0.2) is 42.1 Å². The predicted molar refractivity (Wildman–Crippen MR) is 112 cm³/mol. The van der Waals surface area contributed by atoms with Crippen LogP contribution in [0.3, 0.4) is 0 Å². The Labute approximate surface area is 181 Å². The van der Waals surface area contributed by atoms with Gasteiger partial charge < -0.3 is 9.47 Å². The molecule has 2 amide bonds. The maximum atomic E-state index is 13.5. The van der Waals surface area contributed by atoms with E-state index in [4.69, 9.17) is 9.47 Å². The molecule has 0 spiro atoms. The molecule has 7 heteroatoms. The van der Waals surface area contributed by atoms with Gasteiger partial charge in [0.25, 0.3) is 0 Å². The van der Waals surface area contributed by atoms with Crippen molar-refractivity contribution in [3.8, 4) is 0 Å². The van der Waals surface area contributed by atoms with Crippen molar-refractivity contribution in [2.45, 2.75) is 44.8 Å². The topological polar surface area (TPSA) is 55.8 Å². The summed E-state index contributed by atoms with van der Waals surface area (Å²) in [5.41, 5.74) is 1.87. The van der Waals surface area contributed by atoms with Crippen LogP contribution in [0, 0.1) is 5.92 Å². The second-order valence-electron chi connectivity index (χ2n) is 7.94. The first-order chi connectivity index (χ1) is 14.8. The Balaban J connectivity index is 1.69. The van der Waals surface area contributed by atoms with Gasteiger partial charge in [-0.25, -0.2) is 18.5 Å². The van der Waals surface area contributed by atoms with Crippen LogP contribution < -0.4 is 0 Å². The number of alkyl halides is 2. The fourth-order valence-electron chi connectivity index (χ4n) is 3.56. The molecular formula is C24H27F2NO4. The van der Waals surface area contributed by atoms with Crippen LogP contribution in [0.1, 0.15) is 30.9 Å². The number of hydrogen-bond acceptors (Lipinski definition) is 4. The predicted octanol–water partition coefficient (Wildman–Crippen LogP) is 4.84. The molecule has 31 heavy (non-hydrogen) atoms. The van der Waals surface area contributed by atoms with E-state index in [0.29, 0.717) is 6.42 Å². The molecule has 0 N–H and O–H groups in total. The molecule has 1 aliphatic heterocycles. The van der Waals surface area contributed by atoms with Crippen molar-refractivity contribution in [3.05, 3.63) is 71.8 Å². The van der Waals surface area contributed by atoms with E-state index in [1.54, 1.807) is 0 Å². The van der Waals surface area contributed by atoms with Gasteiger partial charge in [-0.05, 0) is 30.9 Å². The van der Waals surface area contributed by atoms with Crippen molar-refractivity contribution < 1.29 is 27.8 Å². The van der Waals surface area contributed by atoms with E-state index in [2.05, 4.69) is 0 Å². The molecule has 0 saturated carbocycles. The minimum atomic E-state index is -2.91. The van der Waals surface area contributed by atoms with Crippen molar-refractivity contribution >= 4 is 12.0 Å². The summed E-state index contributed by atoms with van der Waals surface area (Å²) in [7, 11) is 0. The Morgan fingerprint density at radius 1 is 1.13 bits per heavy atom. The largest absolute Gasteiger partial charge is 0.447 e. The minimum absolute atomic E-state index is 0.0500. The van der Waals surface area contributed by atoms with Crippen LogP contribution in [0.15, 0.2) is 60.7 Å². The number of cyclic esters (lactones) is 1. The van der Waals surface area contributed by atoms with Gasteiger partial charge in [-0.3, -0.25) is 4.79 Å². The number of imide groups is 1. The van der Waals surface area contributed by atoms with Crippen molar-refractivity contribution in [2.24, 2.45) is 5.92 Å². The monoisotopic (exact) mass is 431 g/mol. The molecule has 2 atom stereocenters. The van der Waals surface area contributed by atoms with Crippen LogP contribution >= 0.6 is 0 Å². The number of ether oxygens (including phenoxy) is 2. The van der Waals surface area contributed by atoms with E-state index in [1.165, 1.54) is 0 Å². The number of halogens is 2. The number of rotatable bonds is 10. The maximum Gasteiger partial charge on any atom is 0.416 e. The first kappa shape index (κ1) is 22.9. The van der Waals surface area contributed by atoms with Gasteiger partial charge in [0.05, 0.1) is 25.2 Å². The van der Waals surface area contributed by atoms with Gasteiger partial charge in [-0.2, -0.15) is 0 Å². The van der Waals surface area contributed by atoms with Crippen molar-refractivity contribution in [2.75, 3.05) is 13.2 Å². The smallest absolute Gasteiger partial charge is 0.416 e. The zero-order valence-corrected chi connectivity index (χ0v) is 17.5. The summed E-state index contributed by atoms with van der Waals surface area (Å²) in [5.74, 6) is -4.30. The lowest BCUT2D eigenvalue weighted by Gasteiger charge is -2.25. The van der Waals surface area contributed by atoms with E-state index >= 15 is 0 Å². The molecule has 2 aromatic rings. The summed E-state index contributed by atoms with van der Waals surface area (Å²) in [5, 5.41) is 0. The van der Waals surface area contributed by atoms with Crippen LogP contribution in [0.4, 0.5) is 13.6 Å². The first-order valence-corrected chi connectivity index (χ1v) is 10.4. The van der Waals surface area contributed by atoms with Gasteiger partial charge in [0.1, 0.15) is 6.61 Å². The van der Waals surface area contributed by atoms with Gasteiger partial charge in [-0.1, -0.05) is 60.7 Å². The molecule has 5 nitrogen and oxygen atoms in total. The molecular weight excluding hydrogens is 404 g/mol. The zero-order chi connectivity index (χ0) is 22.3. The fraction of sp³-hybridized carbons (Fsp3) is 0.417. The Hall–Kier alpha value is -2.80. The summed E-state index contributed by atoms with van der Waals surface area (Å²) < 4.78 is 37.8. The van der Waals surface area contributed by atoms with Crippen LogP contribution in [0.5, 0.6) is 0 Å². The highest BCUT2D eigenvalue weighted by Gasteiger charge is 2.41. The normalized spacial score (nSPS) is 17.5. The lowest BCUT2D eigenvalue weighted by atomic mass is 9.98. The lowest BCUT2D eigenvalue weighted by Crippen LogP contribution is -2.45. The molecule has 0 aromatic heterocycles. The van der Waals surface area contributed by atoms with E-state index < -0.39 is 36.3 Å². The van der Waals surface area contributed by atoms with Crippen molar-refractivity contribution in [3.63, 3.8) is 0 Å². The second kappa shape index (κ2) is 10.5. The second-order valence-corrected chi connectivity index (χ2v) is 7.94. The maximum absolute atomic E-state index is 13.5. The van der Waals surface area contributed by atoms with Gasteiger partial charge >= 0.3 is 6.09 Å². The highest BCUT2D eigenvalue weighted by atomic mass is 19.3. The molecule has 0 aliphatic carbocycles. The summed E-state index contributed by atoms with van der Waals surface area (Å²) in [6.07, 6.45) is -0.842. The SMILES string of the molecule is CC(F)(F)CC[C@@H](COCc1ccccc1)C(=O)N1C(=O)OC[C@H]1Cc1ccccc1. The molecule has 0 unspecified atom stereocenters. The standard InChI is InChI=1S/C24H27F2NO4/c1-24(25,26)13-12-20(16-30-15-19-10-6-3-7-11-19)22(28)27-21(17-31-23(27)29)14-18-8-4-2-5-9-18/h2-11,20-21H,12-17H2,1H3/t20-,21+/m0/s1. The number of amides is 2. The number of carbonyl (C=O) groups is 2. The van der Waals surface area contributed by atoms with Crippen LogP contribution in [-0.2, 0) is 27.3 Å². The Morgan fingerprint density at radius 2 is 1.74 bits per heavy atom. The van der Waals surface area contributed by atoms with Crippen LogP contribution in [0.2, 0.25) is 0 Å². The lowest BCUT2D eigenvalue weighted by molar-refractivity contribution is -0.136. The Kier molecular flexibility index (Phi) is 7.74. The molecule has 1 heterocycles. The molecule has 2 aromatic carbocycles. The quantitative estimate of drug-likeness (QED) is 0.540. The number of benzene rings is 2. The number of hydrogen-bond donors (Lipinski definition) is 0. The van der Waals surface area contributed by atoms with Gasteiger partial charge in [0.2, 0.25) is 11.8 Å². The van der Waals surface area contributed by atoms with Crippen LogP contribution in [0.25, 0.3) is 0 Å². The van der Waals surface area contributed by atoms with E-state index in [-0.39, 0.29) is 26.2 Å². The molecule has 0 bridgehead atoms. The third-order valence-corrected chi connectivity index (χ3v) is 5.22. The molecule has 0 radical (unpaired) electrons. The highest BCUT2D eigenvalue weighted by Crippen LogP contribution is 2.26. The number of carbonyl (C=O) groups excluding carboxylic acids is 2. The van der Waals surface area contributed by atoms with E-state index in [9.17, 15) is 18.4 Å². The summed E-state index contributed by atoms with van der Waals surface area (Å²) in [6.45, 7) is 1.11. The Morgan fingerprint density at radius 3 is 2.35 bits per heavy atom.